The number of aromatic nitrogens is 3. The van der Waals surface area contributed by atoms with Crippen LogP contribution >= 0.6 is 45.5 Å². The molecular weight excluding hydrogens is 685 g/mol. The predicted molar refractivity (Wildman–Crippen MR) is 165 cm³/mol. The third-order valence-corrected chi connectivity index (χ3v) is 13.1. The van der Waals surface area contributed by atoms with Gasteiger partial charge in [-0.15, -0.1) is 11.3 Å². The number of thiazole rings is 1. The van der Waals surface area contributed by atoms with Gasteiger partial charge in [-0.25, -0.2) is 22.4 Å². The lowest BCUT2D eigenvalue weighted by atomic mass is 10.0. The maximum Gasteiger partial charge on any atom is 0.250 e. The minimum absolute atomic E-state index is 0.305. The maximum absolute atomic E-state index is 13.9. The summed E-state index contributed by atoms with van der Waals surface area (Å²) in [6, 6.07) is 11.4. The molecule has 40 heavy (non-hydrogen) atoms. The molecule has 1 aromatic carbocycles. The van der Waals surface area contributed by atoms with Crippen molar-refractivity contribution in [3.8, 4) is 16.2 Å². The van der Waals surface area contributed by atoms with E-state index in [2.05, 4.69) is 27.6 Å². The molecule has 3 aromatic heterocycles. The van der Waals surface area contributed by atoms with Crippen molar-refractivity contribution in [3.63, 3.8) is 0 Å². The van der Waals surface area contributed by atoms with Crippen molar-refractivity contribution in [1.82, 2.24) is 13.9 Å². The minimum Gasteiger partial charge on any atom is -0.497 e. The Labute approximate surface area is 254 Å². The zero-order valence-electron chi connectivity index (χ0n) is 21.6. The Morgan fingerprint density at radius 1 is 1.20 bits per heavy atom. The van der Waals surface area contributed by atoms with E-state index in [1.165, 1.54) is 15.3 Å². The lowest BCUT2D eigenvalue weighted by Gasteiger charge is -2.39. The monoisotopic (exact) mass is 709 g/mol. The fourth-order valence-corrected chi connectivity index (χ4v) is 9.17. The van der Waals surface area contributed by atoms with Gasteiger partial charge in [-0.3, -0.25) is 0 Å². The van der Waals surface area contributed by atoms with E-state index >= 15 is 0 Å². The van der Waals surface area contributed by atoms with Crippen molar-refractivity contribution in [3.05, 3.63) is 88.8 Å². The fourth-order valence-electron chi connectivity index (χ4n) is 4.73. The van der Waals surface area contributed by atoms with Gasteiger partial charge in [0.05, 0.1) is 35.7 Å². The van der Waals surface area contributed by atoms with Crippen molar-refractivity contribution in [1.29, 1.82) is 0 Å². The van der Waals surface area contributed by atoms with Crippen LogP contribution in [0.15, 0.2) is 78.2 Å². The molecule has 1 saturated heterocycles. The van der Waals surface area contributed by atoms with Crippen LogP contribution in [-0.2, 0) is 31.7 Å². The Morgan fingerprint density at radius 3 is 2.67 bits per heavy atom. The first-order valence-electron chi connectivity index (χ1n) is 12.4. The summed E-state index contributed by atoms with van der Waals surface area (Å²) in [5.74, 6) is 0.791. The smallest absolute Gasteiger partial charge is 0.250 e. The molecule has 208 valence electrons. The average Bonchev–Trinajstić information content (AvgIpc) is 3.59. The van der Waals surface area contributed by atoms with E-state index in [0.29, 0.717) is 30.5 Å². The number of allylic oxidation sites excluding steroid dienone is 3. The molecule has 2 aliphatic rings. The predicted octanol–water partition coefficient (Wildman–Crippen LogP) is 6.04. The molecule has 0 N–H and O–H groups in total. The second-order valence-corrected chi connectivity index (χ2v) is 14.9. The van der Waals surface area contributed by atoms with Gasteiger partial charge >= 0.3 is 0 Å². The molecule has 4 aromatic rings. The van der Waals surface area contributed by atoms with E-state index in [0.717, 1.165) is 32.1 Å². The Hall–Kier alpha value is -2.29. The van der Waals surface area contributed by atoms with Gasteiger partial charge in [-0.05, 0) is 48.9 Å². The van der Waals surface area contributed by atoms with Crippen LogP contribution in [0.1, 0.15) is 17.5 Å². The Kier molecular flexibility index (Phi) is 7.33. The lowest BCUT2D eigenvalue weighted by Crippen LogP contribution is -2.48. The second kappa shape index (κ2) is 10.5. The summed E-state index contributed by atoms with van der Waals surface area (Å²) in [6.45, 7) is 2.92. The second-order valence-electron chi connectivity index (χ2n) is 9.84. The Bertz CT molecular complexity index is 1740. The SMILES string of the molecule is COc1ccc(COC2(c3ncc(-c4ccnc5c4ccn5S(=O)(=O)C4(C)C=C(Cl)C=CC4I)s3)COC2)cc1. The number of methoxy groups -OCH3 is 1. The van der Waals surface area contributed by atoms with Crippen LogP contribution in [0.25, 0.3) is 21.5 Å². The molecule has 8 nitrogen and oxygen atoms in total. The summed E-state index contributed by atoms with van der Waals surface area (Å²) in [4.78, 5) is 10.1. The normalized spacial score (nSPS) is 22.2. The number of fused-ring (bicyclic) bond motifs is 1. The van der Waals surface area contributed by atoms with Crippen LogP contribution in [-0.4, -0.2) is 51.4 Å². The molecule has 0 amide bonds. The van der Waals surface area contributed by atoms with Gasteiger partial charge in [0.1, 0.15) is 15.5 Å². The Morgan fingerprint density at radius 2 is 1.98 bits per heavy atom. The number of ether oxygens (including phenoxy) is 3. The van der Waals surface area contributed by atoms with E-state index in [-0.39, 0.29) is 3.92 Å². The van der Waals surface area contributed by atoms with E-state index in [9.17, 15) is 8.42 Å². The molecule has 0 bridgehead atoms. The summed E-state index contributed by atoms with van der Waals surface area (Å²) < 4.78 is 44.7. The standard InChI is InChI=1S/C28H25ClIN3O5S2/c1-27(13-19(29)5-8-24(27)30)40(34,35)33-12-10-22-21(9-11-31-25(22)33)23-14-32-26(39-23)28(16-37-17-28)38-15-18-3-6-20(36-2)7-4-18/h3-14,24H,15-17H2,1-2H3. The molecule has 2 unspecified atom stereocenters. The number of hydrogen-bond acceptors (Lipinski definition) is 8. The number of nitrogens with zero attached hydrogens (tertiary/aromatic N) is 3. The van der Waals surface area contributed by atoms with Gasteiger partial charge in [-0.2, -0.15) is 0 Å². The molecule has 1 aliphatic carbocycles. The van der Waals surface area contributed by atoms with Crippen molar-refractivity contribution in [2.45, 2.75) is 27.8 Å². The van der Waals surface area contributed by atoms with Crippen LogP contribution in [0, 0.1) is 0 Å². The van der Waals surface area contributed by atoms with Crippen molar-refractivity contribution >= 4 is 66.6 Å². The zero-order valence-corrected chi connectivity index (χ0v) is 26.1. The van der Waals surface area contributed by atoms with Crippen LogP contribution in [0.4, 0.5) is 0 Å². The summed E-state index contributed by atoms with van der Waals surface area (Å²) in [7, 11) is -2.26. The lowest BCUT2D eigenvalue weighted by molar-refractivity contribution is -0.222. The summed E-state index contributed by atoms with van der Waals surface area (Å²) in [5, 5.41) is 1.92. The van der Waals surface area contributed by atoms with Crippen molar-refractivity contribution in [2.75, 3.05) is 20.3 Å². The molecule has 6 rings (SSSR count). The van der Waals surface area contributed by atoms with Gasteiger partial charge < -0.3 is 14.2 Å². The summed E-state index contributed by atoms with van der Waals surface area (Å²) in [5.41, 5.74) is 1.60. The third kappa shape index (κ3) is 4.60. The van der Waals surface area contributed by atoms with Gasteiger partial charge in [-0.1, -0.05) is 52.4 Å². The number of benzene rings is 1. The highest BCUT2D eigenvalue weighted by Crippen LogP contribution is 2.42. The molecule has 0 spiro atoms. The van der Waals surface area contributed by atoms with Crippen LogP contribution in [0.5, 0.6) is 5.75 Å². The number of alkyl halides is 1. The minimum atomic E-state index is -3.90. The molecule has 1 fully saturated rings. The number of rotatable bonds is 8. The highest BCUT2D eigenvalue weighted by molar-refractivity contribution is 14.1. The van der Waals surface area contributed by atoms with E-state index in [1.807, 2.05) is 30.3 Å². The number of halogens is 2. The number of pyridine rings is 1. The van der Waals surface area contributed by atoms with Gasteiger partial charge in [0.25, 0.3) is 10.0 Å². The first kappa shape index (κ1) is 27.9. The number of hydrogen-bond donors (Lipinski definition) is 0. The third-order valence-electron chi connectivity index (χ3n) is 7.27. The summed E-state index contributed by atoms with van der Waals surface area (Å²) in [6.07, 6.45) is 10.1. The van der Waals surface area contributed by atoms with E-state index in [4.69, 9.17) is 30.8 Å². The van der Waals surface area contributed by atoms with Gasteiger partial charge in [0, 0.05) is 34.6 Å². The van der Waals surface area contributed by atoms with Crippen LogP contribution in [0.2, 0.25) is 0 Å². The van der Waals surface area contributed by atoms with E-state index in [1.54, 1.807) is 56.9 Å². The molecule has 2 atom stereocenters. The topological polar surface area (TPSA) is 92.5 Å². The molecule has 0 radical (unpaired) electrons. The molecule has 1 aliphatic heterocycles. The van der Waals surface area contributed by atoms with E-state index < -0.39 is 20.4 Å². The summed E-state index contributed by atoms with van der Waals surface area (Å²) >= 11 is 9.87. The van der Waals surface area contributed by atoms with Gasteiger partial charge in [0.15, 0.2) is 11.2 Å². The maximum atomic E-state index is 13.9. The molecule has 4 heterocycles. The highest BCUT2D eigenvalue weighted by Gasteiger charge is 2.46. The van der Waals surface area contributed by atoms with Gasteiger partial charge in [0.2, 0.25) is 0 Å². The first-order valence-corrected chi connectivity index (χ1v) is 16.3. The zero-order chi connectivity index (χ0) is 28.1. The quantitative estimate of drug-likeness (QED) is 0.163. The van der Waals surface area contributed by atoms with Crippen molar-refractivity contribution < 1.29 is 22.6 Å². The average molecular weight is 710 g/mol. The highest BCUT2D eigenvalue weighted by atomic mass is 127. The Balaban J connectivity index is 1.31. The van der Waals surface area contributed by atoms with Crippen molar-refractivity contribution in [2.24, 2.45) is 0 Å². The fraction of sp³-hybridized carbons (Fsp3) is 0.286. The van der Waals surface area contributed by atoms with Crippen LogP contribution < -0.4 is 4.74 Å². The molecular formula is C28H25ClIN3O5S2. The molecule has 12 heteroatoms. The molecule has 0 saturated carbocycles. The first-order chi connectivity index (χ1) is 19.2. The van der Waals surface area contributed by atoms with Crippen LogP contribution in [0.3, 0.4) is 0 Å². The largest absolute Gasteiger partial charge is 0.497 e.